The first kappa shape index (κ1) is 15.5. The van der Waals surface area contributed by atoms with Crippen LogP contribution in [0.3, 0.4) is 0 Å². The molecular formula is C9H14Na2O. The number of phenols is 1. The van der Waals surface area contributed by atoms with Gasteiger partial charge in [0.05, 0.1) is 0 Å². The molecule has 12 heavy (non-hydrogen) atoms. The predicted molar refractivity (Wildman–Crippen MR) is 44.3 cm³/mol. The summed E-state index contributed by atoms with van der Waals surface area (Å²) in [5.74, 6) is 0.347. The Labute approximate surface area is 121 Å². The third-order valence-electron chi connectivity index (χ3n) is 1.48. The van der Waals surface area contributed by atoms with Gasteiger partial charge in [-0.05, 0) is 24.1 Å². The molecule has 0 aliphatic rings. The van der Waals surface area contributed by atoms with Crippen LogP contribution in [0.15, 0.2) is 24.3 Å². The minimum Gasteiger partial charge on any atom is -1.00 e. The van der Waals surface area contributed by atoms with Crippen molar-refractivity contribution in [3.05, 3.63) is 29.8 Å². The summed E-state index contributed by atoms with van der Waals surface area (Å²) in [5, 5.41) is 8.92. The number of aryl methyl sites for hydroxylation is 1. The summed E-state index contributed by atoms with van der Waals surface area (Å²) in [6, 6.07) is 7.37. The van der Waals surface area contributed by atoms with Crippen molar-refractivity contribution in [2.24, 2.45) is 0 Å². The number of phenolic OH excluding ortho intramolecular Hbond substituents is 1. The largest absolute Gasteiger partial charge is 1.00 e. The van der Waals surface area contributed by atoms with Gasteiger partial charge >= 0.3 is 59.1 Å². The van der Waals surface area contributed by atoms with E-state index in [4.69, 9.17) is 5.11 Å². The summed E-state index contributed by atoms with van der Waals surface area (Å²) in [5.41, 5.74) is 1.29. The zero-order valence-electron chi connectivity index (χ0n) is 10.2. The van der Waals surface area contributed by atoms with Crippen LogP contribution in [0.1, 0.15) is 21.8 Å². The maximum absolute atomic E-state index is 8.92. The fraction of sp³-hybridized carbons (Fsp3) is 0.333. The van der Waals surface area contributed by atoms with Crippen LogP contribution in [-0.2, 0) is 6.42 Å². The molecule has 0 saturated carbocycles. The number of aromatic hydroxyl groups is 1. The summed E-state index contributed by atoms with van der Waals surface area (Å²) < 4.78 is 0. The molecule has 1 N–H and O–H groups in total. The van der Waals surface area contributed by atoms with Crippen molar-refractivity contribution in [2.75, 3.05) is 0 Å². The summed E-state index contributed by atoms with van der Waals surface area (Å²) in [4.78, 5) is 0. The SMILES string of the molecule is CCCc1ccc(O)cc1.[H-].[H-].[Na+].[Na+]. The maximum atomic E-state index is 8.92. The molecule has 0 radical (unpaired) electrons. The van der Waals surface area contributed by atoms with E-state index in [0.717, 1.165) is 12.8 Å². The van der Waals surface area contributed by atoms with Crippen LogP contribution in [0, 0.1) is 0 Å². The van der Waals surface area contributed by atoms with Crippen molar-refractivity contribution in [3.8, 4) is 5.75 Å². The quantitative estimate of drug-likeness (QED) is 0.475. The van der Waals surface area contributed by atoms with Gasteiger partial charge in [-0.3, -0.25) is 0 Å². The van der Waals surface area contributed by atoms with Crippen LogP contribution in [0.25, 0.3) is 0 Å². The minimum atomic E-state index is 0. The Bertz CT molecular complexity index is 204. The van der Waals surface area contributed by atoms with Crippen molar-refractivity contribution in [3.63, 3.8) is 0 Å². The van der Waals surface area contributed by atoms with Crippen LogP contribution in [0.5, 0.6) is 5.75 Å². The topological polar surface area (TPSA) is 20.2 Å². The van der Waals surface area contributed by atoms with Crippen LogP contribution in [0.2, 0.25) is 0 Å². The maximum Gasteiger partial charge on any atom is 1.00 e. The molecule has 0 fully saturated rings. The van der Waals surface area contributed by atoms with Gasteiger partial charge in [0, 0.05) is 0 Å². The van der Waals surface area contributed by atoms with E-state index in [1.165, 1.54) is 5.56 Å². The molecule has 0 heterocycles. The minimum absolute atomic E-state index is 0. The van der Waals surface area contributed by atoms with Gasteiger partial charge in [0.1, 0.15) is 5.75 Å². The van der Waals surface area contributed by atoms with E-state index in [9.17, 15) is 0 Å². The molecule has 58 valence electrons. The number of hydrogen-bond acceptors (Lipinski definition) is 1. The molecule has 0 aliphatic carbocycles. The van der Waals surface area contributed by atoms with Crippen molar-refractivity contribution in [2.45, 2.75) is 19.8 Å². The van der Waals surface area contributed by atoms with E-state index in [-0.39, 0.29) is 62.0 Å². The first-order chi connectivity index (χ1) is 4.83. The average molecular weight is 184 g/mol. The Morgan fingerprint density at radius 3 is 2.08 bits per heavy atom. The van der Waals surface area contributed by atoms with Gasteiger partial charge in [-0.15, -0.1) is 0 Å². The third kappa shape index (κ3) is 5.63. The summed E-state index contributed by atoms with van der Waals surface area (Å²) in [6.45, 7) is 2.15. The van der Waals surface area contributed by atoms with E-state index in [0.29, 0.717) is 5.75 Å². The van der Waals surface area contributed by atoms with Crippen LogP contribution >= 0.6 is 0 Å². The van der Waals surface area contributed by atoms with Crippen LogP contribution in [0.4, 0.5) is 0 Å². The van der Waals surface area contributed by atoms with Crippen molar-refractivity contribution in [1.29, 1.82) is 0 Å². The standard InChI is InChI=1S/C9H12O.2Na.2H/c1-2-3-8-4-6-9(10)7-5-8;;;;/h4-7,10H,2-3H2,1H3;;;;/q;2*+1;2*-1. The van der Waals surface area contributed by atoms with Gasteiger partial charge in [0.2, 0.25) is 0 Å². The first-order valence-corrected chi connectivity index (χ1v) is 3.61. The summed E-state index contributed by atoms with van der Waals surface area (Å²) in [7, 11) is 0. The fourth-order valence-electron chi connectivity index (χ4n) is 0.951. The second-order valence-electron chi connectivity index (χ2n) is 2.42. The van der Waals surface area contributed by atoms with Crippen LogP contribution in [-0.4, -0.2) is 5.11 Å². The van der Waals surface area contributed by atoms with E-state index in [1.54, 1.807) is 12.1 Å². The second-order valence-corrected chi connectivity index (χ2v) is 2.42. The summed E-state index contributed by atoms with van der Waals surface area (Å²) >= 11 is 0. The molecule has 0 unspecified atom stereocenters. The Morgan fingerprint density at radius 1 is 1.17 bits per heavy atom. The van der Waals surface area contributed by atoms with Crippen LogP contribution < -0.4 is 59.1 Å². The van der Waals surface area contributed by atoms with Gasteiger partial charge in [-0.2, -0.15) is 0 Å². The molecule has 0 bridgehead atoms. The van der Waals surface area contributed by atoms with Crippen molar-refractivity contribution >= 4 is 0 Å². The van der Waals surface area contributed by atoms with Gasteiger partial charge < -0.3 is 7.96 Å². The summed E-state index contributed by atoms with van der Waals surface area (Å²) in [6.07, 6.45) is 2.26. The molecule has 3 heteroatoms. The number of rotatable bonds is 2. The van der Waals surface area contributed by atoms with Gasteiger partial charge in [0.15, 0.2) is 0 Å². The molecule has 1 rings (SSSR count). The molecule has 1 aromatic rings. The second kappa shape index (κ2) is 8.61. The monoisotopic (exact) mass is 184 g/mol. The van der Waals surface area contributed by atoms with Gasteiger partial charge in [0.25, 0.3) is 0 Å². The van der Waals surface area contributed by atoms with Gasteiger partial charge in [-0.25, -0.2) is 0 Å². The zero-order valence-corrected chi connectivity index (χ0v) is 12.2. The molecule has 1 nitrogen and oxygen atoms in total. The number of hydrogen-bond donors (Lipinski definition) is 1. The van der Waals surface area contributed by atoms with E-state index in [2.05, 4.69) is 6.92 Å². The molecule has 0 amide bonds. The smallest absolute Gasteiger partial charge is 1.00 e. The van der Waals surface area contributed by atoms with Gasteiger partial charge in [-0.1, -0.05) is 25.5 Å². The fourth-order valence-corrected chi connectivity index (χ4v) is 0.951. The third-order valence-corrected chi connectivity index (χ3v) is 1.48. The zero-order chi connectivity index (χ0) is 7.40. The van der Waals surface area contributed by atoms with Crippen molar-refractivity contribution < 1.29 is 67.1 Å². The van der Waals surface area contributed by atoms with Crippen molar-refractivity contribution in [1.82, 2.24) is 0 Å². The predicted octanol–water partition coefficient (Wildman–Crippen LogP) is -3.42. The molecular weight excluding hydrogens is 170 g/mol. The normalized spacial score (nSPS) is 8.08. The Hall–Kier alpha value is 1.02. The van der Waals surface area contributed by atoms with E-state index in [1.807, 2.05) is 12.1 Å². The number of benzene rings is 1. The molecule has 0 saturated heterocycles. The molecule has 0 spiro atoms. The Morgan fingerprint density at radius 2 is 1.67 bits per heavy atom. The molecule has 0 aromatic heterocycles. The Balaban J connectivity index is -0.000000125. The van der Waals surface area contributed by atoms with E-state index < -0.39 is 0 Å². The molecule has 1 aromatic carbocycles. The molecule has 0 aliphatic heterocycles. The Kier molecular flexibility index (Phi) is 11.1. The van der Waals surface area contributed by atoms with E-state index >= 15 is 0 Å². The average Bonchev–Trinajstić information content (AvgIpc) is 1.95. The first-order valence-electron chi connectivity index (χ1n) is 3.61. The molecule has 0 atom stereocenters.